The van der Waals surface area contributed by atoms with Gasteiger partial charge in [0.25, 0.3) is 0 Å². The minimum absolute atomic E-state index is 0.242. The number of nitrogens with zero attached hydrogens (tertiary/aromatic N) is 3. The molecule has 0 fully saturated rings. The lowest BCUT2D eigenvalue weighted by molar-refractivity contribution is 0.0474. The smallest absolute Gasteiger partial charge is 0.358 e. The highest BCUT2D eigenvalue weighted by Crippen LogP contribution is 1.93. The summed E-state index contributed by atoms with van der Waals surface area (Å²) in [5, 5.41) is 0. The number of rotatable bonds is 4. The predicted molar refractivity (Wildman–Crippen MR) is 50.9 cm³/mol. The van der Waals surface area contributed by atoms with Gasteiger partial charge in [-0.1, -0.05) is 0 Å². The van der Waals surface area contributed by atoms with Crippen LogP contribution < -0.4 is 0 Å². The van der Waals surface area contributed by atoms with Crippen LogP contribution in [0.15, 0.2) is 18.6 Å². The second-order valence-corrected chi connectivity index (χ2v) is 3.03. The molecule has 1 rings (SSSR count). The molecule has 0 spiro atoms. The Morgan fingerprint density at radius 3 is 2.86 bits per heavy atom. The molecule has 0 aliphatic carbocycles. The summed E-state index contributed by atoms with van der Waals surface area (Å²) in [5.41, 5.74) is 0.242. The number of ether oxygens (including phenoxy) is 1. The van der Waals surface area contributed by atoms with Crippen LogP contribution in [0.4, 0.5) is 0 Å². The summed E-state index contributed by atoms with van der Waals surface area (Å²) in [4.78, 5) is 20.8. The van der Waals surface area contributed by atoms with E-state index in [1.807, 2.05) is 19.0 Å². The zero-order chi connectivity index (χ0) is 10.4. The van der Waals surface area contributed by atoms with Gasteiger partial charge in [-0.25, -0.2) is 9.78 Å². The third kappa shape index (κ3) is 3.49. The van der Waals surface area contributed by atoms with Crippen molar-refractivity contribution in [3.05, 3.63) is 24.3 Å². The fourth-order valence-corrected chi connectivity index (χ4v) is 0.799. The van der Waals surface area contributed by atoms with Crippen molar-refractivity contribution in [2.45, 2.75) is 0 Å². The second-order valence-electron chi connectivity index (χ2n) is 3.03. The van der Waals surface area contributed by atoms with Gasteiger partial charge >= 0.3 is 5.97 Å². The van der Waals surface area contributed by atoms with Gasteiger partial charge in [0, 0.05) is 18.9 Å². The molecule has 1 heterocycles. The Kier molecular flexibility index (Phi) is 4.00. The predicted octanol–water partition coefficient (Wildman–Crippen LogP) is 0.195. The van der Waals surface area contributed by atoms with Gasteiger partial charge in [0.2, 0.25) is 0 Å². The molecule has 1 aromatic rings. The first-order chi connectivity index (χ1) is 6.70. The van der Waals surface area contributed by atoms with Crippen LogP contribution >= 0.6 is 0 Å². The van der Waals surface area contributed by atoms with Crippen LogP contribution in [-0.4, -0.2) is 48.1 Å². The van der Waals surface area contributed by atoms with Gasteiger partial charge in [0.1, 0.15) is 6.61 Å². The third-order valence-corrected chi connectivity index (χ3v) is 1.54. The molecule has 0 amide bonds. The summed E-state index contributed by atoms with van der Waals surface area (Å²) in [7, 11) is 3.83. The molecule has 0 aliphatic heterocycles. The molecule has 0 saturated carbocycles. The van der Waals surface area contributed by atoms with E-state index < -0.39 is 5.97 Å². The normalized spacial score (nSPS) is 10.2. The molecule has 0 bridgehead atoms. The van der Waals surface area contributed by atoms with Crippen molar-refractivity contribution in [3.8, 4) is 0 Å². The van der Waals surface area contributed by atoms with Crippen LogP contribution in [-0.2, 0) is 4.74 Å². The van der Waals surface area contributed by atoms with Crippen LogP contribution in [0.5, 0.6) is 0 Å². The van der Waals surface area contributed by atoms with Crippen molar-refractivity contribution in [1.29, 1.82) is 0 Å². The van der Waals surface area contributed by atoms with E-state index in [2.05, 4.69) is 9.97 Å². The summed E-state index contributed by atoms with van der Waals surface area (Å²) in [6, 6.07) is 0. The van der Waals surface area contributed by atoms with Gasteiger partial charge in [-0.05, 0) is 14.1 Å². The fourth-order valence-electron chi connectivity index (χ4n) is 0.799. The molecule has 0 radical (unpaired) electrons. The van der Waals surface area contributed by atoms with Gasteiger partial charge in [-0.3, -0.25) is 4.98 Å². The number of hydrogen-bond acceptors (Lipinski definition) is 5. The largest absolute Gasteiger partial charge is 0.460 e. The molecule has 1 aromatic heterocycles. The molecule has 0 aliphatic rings. The van der Waals surface area contributed by atoms with E-state index in [1.165, 1.54) is 18.6 Å². The maximum Gasteiger partial charge on any atom is 0.358 e. The van der Waals surface area contributed by atoms with Crippen molar-refractivity contribution in [2.24, 2.45) is 0 Å². The highest BCUT2D eigenvalue weighted by atomic mass is 16.5. The molecule has 0 aromatic carbocycles. The monoisotopic (exact) mass is 195 g/mol. The van der Waals surface area contributed by atoms with Crippen LogP contribution in [0.1, 0.15) is 10.5 Å². The van der Waals surface area contributed by atoms with Crippen molar-refractivity contribution in [1.82, 2.24) is 14.9 Å². The highest BCUT2D eigenvalue weighted by Gasteiger charge is 2.07. The van der Waals surface area contributed by atoms with Crippen molar-refractivity contribution in [2.75, 3.05) is 27.2 Å². The van der Waals surface area contributed by atoms with Gasteiger partial charge in [0.15, 0.2) is 5.69 Å². The average Bonchev–Trinajstić information content (AvgIpc) is 2.18. The Morgan fingerprint density at radius 1 is 1.50 bits per heavy atom. The lowest BCUT2D eigenvalue weighted by Gasteiger charge is -2.09. The van der Waals surface area contributed by atoms with E-state index >= 15 is 0 Å². The first kappa shape index (κ1) is 10.6. The Labute approximate surface area is 82.7 Å². The first-order valence-corrected chi connectivity index (χ1v) is 4.28. The summed E-state index contributed by atoms with van der Waals surface area (Å²) in [6.45, 7) is 1.06. The third-order valence-electron chi connectivity index (χ3n) is 1.54. The topological polar surface area (TPSA) is 55.3 Å². The van der Waals surface area contributed by atoms with Gasteiger partial charge in [0.05, 0.1) is 6.20 Å². The number of likely N-dealkylation sites (N-methyl/N-ethyl adjacent to an activating group) is 1. The molecule has 14 heavy (non-hydrogen) atoms. The SMILES string of the molecule is CN(C)CCOC(=O)c1cnccn1. The van der Waals surface area contributed by atoms with Gasteiger partial charge in [-0.15, -0.1) is 0 Å². The Balaban J connectivity index is 2.36. The quantitative estimate of drug-likeness (QED) is 0.642. The standard InChI is InChI=1S/C9H13N3O2/c1-12(2)5-6-14-9(13)8-7-10-3-4-11-8/h3-4,7H,5-6H2,1-2H3. The summed E-state index contributed by atoms with van der Waals surface area (Å²) >= 11 is 0. The van der Waals surface area contributed by atoms with Crippen molar-refractivity contribution >= 4 is 5.97 Å². The van der Waals surface area contributed by atoms with Crippen molar-refractivity contribution < 1.29 is 9.53 Å². The van der Waals surface area contributed by atoms with E-state index in [0.717, 1.165) is 0 Å². The Morgan fingerprint density at radius 2 is 2.29 bits per heavy atom. The molecule has 0 saturated heterocycles. The van der Waals surface area contributed by atoms with E-state index in [1.54, 1.807) is 0 Å². The summed E-state index contributed by atoms with van der Waals surface area (Å²) in [6.07, 6.45) is 4.36. The molecular formula is C9H13N3O2. The van der Waals surface area contributed by atoms with E-state index in [9.17, 15) is 4.79 Å². The molecule has 0 N–H and O–H groups in total. The fraction of sp³-hybridized carbons (Fsp3) is 0.444. The maximum atomic E-state index is 11.3. The zero-order valence-corrected chi connectivity index (χ0v) is 8.30. The van der Waals surface area contributed by atoms with Crippen LogP contribution in [0.25, 0.3) is 0 Å². The Hall–Kier alpha value is -1.49. The van der Waals surface area contributed by atoms with Gasteiger partial charge in [-0.2, -0.15) is 0 Å². The first-order valence-electron chi connectivity index (χ1n) is 4.28. The minimum Gasteiger partial charge on any atom is -0.460 e. The molecule has 5 nitrogen and oxygen atoms in total. The molecule has 0 unspecified atom stereocenters. The maximum absolute atomic E-state index is 11.3. The minimum atomic E-state index is -0.431. The summed E-state index contributed by atoms with van der Waals surface area (Å²) < 4.78 is 4.96. The second kappa shape index (κ2) is 5.29. The van der Waals surface area contributed by atoms with Crippen LogP contribution in [0.2, 0.25) is 0 Å². The summed E-state index contributed by atoms with van der Waals surface area (Å²) in [5.74, 6) is -0.431. The molecule has 5 heteroatoms. The number of hydrogen-bond donors (Lipinski definition) is 0. The lowest BCUT2D eigenvalue weighted by Crippen LogP contribution is -2.20. The zero-order valence-electron chi connectivity index (χ0n) is 8.30. The van der Waals surface area contributed by atoms with Crippen molar-refractivity contribution in [3.63, 3.8) is 0 Å². The van der Waals surface area contributed by atoms with E-state index in [0.29, 0.717) is 13.2 Å². The highest BCUT2D eigenvalue weighted by molar-refractivity contribution is 5.86. The number of aromatic nitrogens is 2. The number of carbonyl (C=O) groups excluding carboxylic acids is 1. The lowest BCUT2D eigenvalue weighted by atomic mass is 10.4. The van der Waals surface area contributed by atoms with E-state index in [4.69, 9.17) is 4.74 Å². The molecule has 76 valence electrons. The molecule has 0 atom stereocenters. The van der Waals surface area contributed by atoms with Crippen LogP contribution in [0, 0.1) is 0 Å². The van der Waals surface area contributed by atoms with Gasteiger partial charge < -0.3 is 9.64 Å². The average molecular weight is 195 g/mol. The number of carbonyl (C=O) groups is 1. The molecular weight excluding hydrogens is 182 g/mol. The van der Waals surface area contributed by atoms with Crippen LogP contribution in [0.3, 0.4) is 0 Å². The Bertz CT molecular complexity index is 287. The van der Waals surface area contributed by atoms with E-state index in [-0.39, 0.29) is 5.69 Å². The number of esters is 1.